The van der Waals surface area contributed by atoms with Gasteiger partial charge in [-0.1, -0.05) is 48.9 Å². The molecule has 1 fully saturated rings. The highest BCUT2D eigenvalue weighted by Gasteiger charge is 2.48. The molecule has 0 heterocycles. The van der Waals surface area contributed by atoms with Crippen LogP contribution in [-0.2, 0) is 23.8 Å². The lowest BCUT2D eigenvalue weighted by atomic mass is 9.78. The van der Waals surface area contributed by atoms with Crippen LogP contribution in [0.2, 0.25) is 0 Å². The number of aliphatic hydroxyl groups is 2. The SMILES string of the molecule is [C-]#[N+][C@@H]1C[C@@H](O)C(c2cccc3c2CCCCC3O)C1Cc1cccc(CCP(=O)(O)O)c1. The molecule has 2 aromatic carbocycles. The average Bonchev–Trinajstić information content (AvgIpc) is 2.95. The fourth-order valence-electron chi connectivity index (χ4n) is 5.73. The number of hydrogen-bond acceptors (Lipinski definition) is 3. The van der Waals surface area contributed by atoms with Gasteiger partial charge in [0.15, 0.2) is 0 Å². The molecule has 0 aromatic heterocycles. The van der Waals surface area contributed by atoms with Crippen molar-refractivity contribution in [1.82, 2.24) is 0 Å². The predicted molar refractivity (Wildman–Crippen MR) is 127 cm³/mol. The summed E-state index contributed by atoms with van der Waals surface area (Å²) in [5, 5.41) is 21.7. The Morgan fingerprint density at radius 1 is 1.03 bits per heavy atom. The molecule has 0 radical (unpaired) electrons. The Balaban J connectivity index is 1.65. The standard InChI is InChI=1S/C26H32NO5P/c1-27-23-16-25(29)26(21-10-5-9-20-19(21)8-2-3-11-24(20)28)22(23)15-18-7-4-6-17(14-18)12-13-33(30,31)32/h4-7,9-10,14,22-26,28-29H,2-3,8,11-13,15-16H2,(H2,30,31,32)/t22?,23-,24?,25-,26?/m1/s1. The van der Waals surface area contributed by atoms with E-state index in [9.17, 15) is 24.6 Å². The second-order valence-corrected chi connectivity index (χ2v) is 11.3. The third-order valence-electron chi connectivity index (χ3n) is 7.29. The Labute approximate surface area is 195 Å². The zero-order valence-corrected chi connectivity index (χ0v) is 19.6. The van der Waals surface area contributed by atoms with Crippen molar-refractivity contribution in [3.63, 3.8) is 0 Å². The Bertz CT molecular complexity index is 1070. The molecule has 2 aromatic rings. The fourth-order valence-corrected chi connectivity index (χ4v) is 6.28. The largest absolute Gasteiger partial charge is 0.392 e. The van der Waals surface area contributed by atoms with Gasteiger partial charge in [0.05, 0.1) is 18.4 Å². The minimum Gasteiger partial charge on any atom is -0.392 e. The minimum atomic E-state index is -4.06. The van der Waals surface area contributed by atoms with Crippen molar-refractivity contribution < 1.29 is 24.6 Å². The fraction of sp³-hybridized carbons (Fsp3) is 0.500. The minimum absolute atomic E-state index is 0.0681. The Morgan fingerprint density at radius 2 is 1.76 bits per heavy atom. The molecule has 0 bridgehead atoms. The highest BCUT2D eigenvalue weighted by molar-refractivity contribution is 7.51. The zero-order chi connectivity index (χ0) is 23.6. The van der Waals surface area contributed by atoms with Gasteiger partial charge in [-0.3, -0.25) is 4.57 Å². The third kappa shape index (κ3) is 5.57. The van der Waals surface area contributed by atoms with Crippen LogP contribution < -0.4 is 0 Å². The van der Waals surface area contributed by atoms with Gasteiger partial charge in [0.2, 0.25) is 6.04 Å². The summed E-state index contributed by atoms with van der Waals surface area (Å²) in [5.41, 5.74) is 5.04. The van der Waals surface area contributed by atoms with E-state index in [2.05, 4.69) is 10.9 Å². The number of rotatable bonds is 6. The van der Waals surface area contributed by atoms with Gasteiger partial charge in [-0.2, -0.15) is 0 Å². The molecule has 2 aliphatic rings. The summed E-state index contributed by atoms with van der Waals surface area (Å²) in [6.45, 7) is 7.76. The maximum Gasteiger partial charge on any atom is 0.325 e. The van der Waals surface area contributed by atoms with E-state index in [1.165, 1.54) is 0 Å². The quantitative estimate of drug-likeness (QED) is 0.289. The van der Waals surface area contributed by atoms with E-state index in [-0.39, 0.29) is 24.0 Å². The molecule has 1 saturated carbocycles. The second kappa shape index (κ2) is 10.1. The summed E-state index contributed by atoms with van der Waals surface area (Å²) in [6.07, 6.45) is 3.66. The normalized spacial score (nSPS) is 27.5. The molecule has 4 N–H and O–H groups in total. The molecule has 0 amide bonds. The molecular weight excluding hydrogens is 437 g/mol. The Hall–Kier alpha value is -2.00. The van der Waals surface area contributed by atoms with Gasteiger partial charge < -0.3 is 24.8 Å². The second-order valence-electron chi connectivity index (χ2n) is 9.53. The summed E-state index contributed by atoms with van der Waals surface area (Å²) >= 11 is 0. The van der Waals surface area contributed by atoms with Crippen LogP contribution >= 0.6 is 7.60 Å². The van der Waals surface area contributed by atoms with Gasteiger partial charge in [0.25, 0.3) is 0 Å². The van der Waals surface area contributed by atoms with Crippen molar-refractivity contribution in [3.8, 4) is 0 Å². The van der Waals surface area contributed by atoms with Crippen LogP contribution in [0.15, 0.2) is 42.5 Å². The van der Waals surface area contributed by atoms with E-state index in [1.807, 2.05) is 36.4 Å². The lowest BCUT2D eigenvalue weighted by Crippen LogP contribution is -2.23. The van der Waals surface area contributed by atoms with Crippen LogP contribution in [-0.4, -0.2) is 38.3 Å². The molecule has 0 saturated heterocycles. The van der Waals surface area contributed by atoms with Gasteiger partial charge in [0, 0.05) is 18.3 Å². The summed E-state index contributed by atoms with van der Waals surface area (Å²) < 4.78 is 11.3. The Morgan fingerprint density at radius 3 is 2.52 bits per heavy atom. The number of fused-ring (bicyclic) bond motifs is 1. The summed E-state index contributed by atoms with van der Waals surface area (Å²) in [5.74, 6) is -0.246. The number of aliphatic hydroxyl groups excluding tert-OH is 2. The summed E-state index contributed by atoms with van der Waals surface area (Å²) in [7, 11) is -4.06. The molecule has 4 rings (SSSR count). The maximum absolute atomic E-state index is 11.3. The first-order valence-corrected chi connectivity index (χ1v) is 13.5. The van der Waals surface area contributed by atoms with Crippen molar-refractivity contribution in [2.24, 2.45) is 5.92 Å². The molecular formula is C26H32NO5P. The first kappa shape index (κ1) is 24.1. The van der Waals surface area contributed by atoms with Crippen molar-refractivity contribution >= 4 is 7.60 Å². The first-order valence-electron chi connectivity index (χ1n) is 11.7. The zero-order valence-electron chi connectivity index (χ0n) is 18.7. The monoisotopic (exact) mass is 469 g/mol. The maximum atomic E-state index is 11.3. The number of hydrogen-bond donors (Lipinski definition) is 4. The smallest absolute Gasteiger partial charge is 0.325 e. The van der Waals surface area contributed by atoms with Crippen LogP contribution in [0.4, 0.5) is 0 Å². The van der Waals surface area contributed by atoms with Gasteiger partial charge in [-0.15, -0.1) is 0 Å². The van der Waals surface area contributed by atoms with Crippen LogP contribution in [0.5, 0.6) is 0 Å². The molecule has 5 atom stereocenters. The lowest BCUT2D eigenvalue weighted by Gasteiger charge is -2.26. The van der Waals surface area contributed by atoms with E-state index in [0.29, 0.717) is 19.3 Å². The van der Waals surface area contributed by atoms with Crippen molar-refractivity contribution in [1.29, 1.82) is 0 Å². The third-order valence-corrected chi connectivity index (χ3v) is 8.10. The van der Waals surface area contributed by atoms with E-state index < -0.39 is 19.8 Å². The average molecular weight is 470 g/mol. The number of aryl methyl sites for hydroxylation is 1. The molecule has 7 heteroatoms. The van der Waals surface area contributed by atoms with Crippen molar-refractivity contribution in [3.05, 3.63) is 81.7 Å². The molecule has 2 aliphatic carbocycles. The Kier molecular flexibility index (Phi) is 7.38. The summed E-state index contributed by atoms with van der Waals surface area (Å²) in [4.78, 5) is 22.3. The molecule has 176 valence electrons. The highest BCUT2D eigenvalue weighted by Crippen LogP contribution is 2.46. The van der Waals surface area contributed by atoms with Gasteiger partial charge >= 0.3 is 7.60 Å². The van der Waals surface area contributed by atoms with E-state index >= 15 is 0 Å². The van der Waals surface area contributed by atoms with E-state index in [0.717, 1.165) is 53.5 Å². The van der Waals surface area contributed by atoms with Crippen LogP contribution in [0.1, 0.15) is 65.5 Å². The predicted octanol–water partition coefficient (Wildman–Crippen LogP) is 4.16. The van der Waals surface area contributed by atoms with Crippen LogP contribution in [0, 0.1) is 12.5 Å². The topological polar surface area (TPSA) is 102 Å². The molecule has 0 spiro atoms. The van der Waals surface area contributed by atoms with Crippen molar-refractivity contribution in [2.45, 2.75) is 69.1 Å². The van der Waals surface area contributed by atoms with E-state index in [1.54, 1.807) is 0 Å². The first-order chi connectivity index (χ1) is 15.8. The molecule has 6 nitrogen and oxygen atoms in total. The molecule has 3 unspecified atom stereocenters. The summed E-state index contributed by atoms with van der Waals surface area (Å²) in [6, 6.07) is 13.4. The molecule has 0 aliphatic heterocycles. The number of benzene rings is 2. The van der Waals surface area contributed by atoms with Crippen LogP contribution in [0.3, 0.4) is 0 Å². The van der Waals surface area contributed by atoms with Crippen LogP contribution in [0.25, 0.3) is 4.85 Å². The number of nitrogens with zero attached hydrogens (tertiary/aromatic N) is 1. The lowest BCUT2D eigenvalue weighted by molar-refractivity contribution is 0.153. The highest BCUT2D eigenvalue weighted by atomic mass is 31.2. The van der Waals surface area contributed by atoms with Crippen molar-refractivity contribution in [2.75, 3.05) is 6.16 Å². The van der Waals surface area contributed by atoms with E-state index in [4.69, 9.17) is 6.57 Å². The van der Waals surface area contributed by atoms with Gasteiger partial charge in [-0.25, -0.2) is 6.57 Å². The van der Waals surface area contributed by atoms with Gasteiger partial charge in [-0.05, 0) is 59.9 Å². The molecule has 33 heavy (non-hydrogen) atoms. The van der Waals surface area contributed by atoms with Gasteiger partial charge in [0.1, 0.15) is 0 Å².